The van der Waals surface area contributed by atoms with Crippen LogP contribution in [0.5, 0.6) is 0 Å². The van der Waals surface area contributed by atoms with Crippen molar-refractivity contribution >= 4 is 16.8 Å². The average molecular weight is 265 g/mol. The molecule has 0 unspecified atom stereocenters. The smallest absolute Gasteiger partial charge is 0.251 e. The highest BCUT2D eigenvalue weighted by atomic mass is 16.1. The SMILES string of the molecule is O=C(NCCc1ccccn1)c1ccc2cc[nH]c2c1. The highest BCUT2D eigenvalue weighted by Crippen LogP contribution is 2.13. The number of aromatic amines is 1. The molecule has 3 aromatic rings. The van der Waals surface area contributed by atoms with E-state index < -0.39 is 0 Å². The van der Waals surface area contributed by atoms with Gasteiger partial charge in [0.2, 0.25) is 0 Å². The number of pyridine rings is 1. The molecule has 0 aliphatic heterocycles. The van der Waals surface area contributed by atoms with Gasteiger partial charge in [-0.1, -0.05) is 12.1 Å². The van der Waals surface area contributed by atoms with Crippen molar-refractivity contribution in [2.45, 2.75) is 6.42 Å². The van der Waals surface area contributed by atoms with Gasteiger partial charge in [0.25, 0.3) is 5.91 Å². The maximum Gasteiger partial charge on any atom is 0.251 e. The first-order chi connectivity index (χ1) is 9.83. The Morgan fingerprint density at radius 2 is 2.15 bits per heavy atom. The summed E-state index contributed by atoms with van der Waals surface area (Å²) in [6.07, 6.45) is 4.36. The number of benzene rings is 1. The van der Waals surface area contributed by atoms with E-state index in [4.69, 9.17) is 0 Å². The monoisotopic (exact) mass is 265 g/mol. The normalized spacial score (nSPS) is 10.6. The van der Waals surface area contributed by atoms with Crippen LogP contribution in [0.1, 0.15) is 16.1 Å². The molecule has 4 nitrogen and oxygen atoms in total. The van der Waals surface area contributed by atoms with E-state index in [1.807, 2.05) is 48.7 Å². The van der Waals surface area contributed by atoms with Crippen molar-refractivity contribution in [3.05, 3.63) is 66.1 Å². The van der Waals surface area contributed by atoms with Crippen LogP contribution in [-0.4, -0.2) is 22.4 Å². The molecule has 0 atom stereocenters. The van der Waals surface area contributed by atoms with E-state index >= 15 is 0 Å². The van der Waals surface area contributed by atoms with Crippen LogP contribution >= 0.6 is 0 Å². The first-order valence-electron chi connectivity index (χ1n) is 6.58. The molecule has 100 valence electrons. The van der Waals surface area contributed by atoms with Gasteiger partial charge in [0.15, 0.2) is 0 Å². The number of carbonyl (C=O) groups excluding carboxylic acids is 1. The van der Waals surface area contributed by atoms with Crippen molar-refractivity contribution in [2.24, 2.45) is 0 Å². The third kappa shape index (κ3) is 2.69. The molecular weight excluding hydrogens is 250 g/mol. The van der Waals surface area contributed by atoms with E-state index in [0.717, 1.165) is 23.0 Å². The molecule has 0 spiro atoms. The summed E-state index contributed by atoms with van der Waals surface area (Å²) >= 11 is 0. The lowest BCUT2D eigenvalue weighted by molar-refractivity contribution is 0.0954. The molecule has 1 amide bonds. The largest absolute Gasteiger partial charge is 0.361 e. The molecule has 0 fully saturated rings. The van der Waals surface area contributed by atoms with Crippen molar-refractivity contribution in [3.63, 3.8) is 0 Å². The van der Waals surface area contributed by atoms with Crippen molar-refractivity contribution < 1.29 is 4.79 Å². The number of carbonyl (C=O) groups is 1. The molecule has 0 aliphatic rings. The Morgan fingerprint density at radius 3 is 3.00 bits per heavy atom. The Labute approximate surface area is 116 Å². The van der Waals surface area contributed by atoms with Crippen LogP contribution in [0, 0.1) is 0 Å². The molecule has 0 aliphatic carbocycles. The van der Waals surface area contributed by atoms with Gasteiger partial charge in [0, 0.05) is 42.1 Å². The topological polar surface area (TPSA) is 57.8 Å². The third-order valence-electron chi connectivity index (χ3n) is 3.21. The molecule has 0 saturated carbocycles. The Morgan fingerprint density at radius 1 is 1.20 bits per heavy atom. The number of H-pyrrole nitrogens is 1. The van der Waals surface area contributed by atoms with Crippen molar-refractivity contribution in [2.75, 3.05) is 6.54 Å². The molecule has 4 heteroatoms. The fourth-order valence-corrected chi connectivity index (χ4v) is 2.14. The minimum absolute atomic E-state index is 0.0579. The summed E-state index contributed by atoms with van der Waals surface area (Å²) < 4.78 is 0. The number of nitrogens with one attached hydrogen (secondary N) is 2. The molecule has 2 aromatic heterocycles. The molecule has 0 bridgehead atoms. The van der Waals surface area contributed by atoms with Crippen molar-refractivity contribution in [1.29, 1.82) is 0 Å². The van der Waals surface area contributed by atoms with E-state index in [9.17, 15) is 4.79 Å². The summed E-state index contributed by atoms with van der Waals surface area (Å²) in [7, 11) is 0. The second-order valence-corrected chi connectivity index (χ2v) is 4.61. The van der Waals surface area contributed by atoms with Gasteiger partial charge in [0.1, 0.15) is 0 Å². The number of fused-ring (bicyclic) bond motifs is 1. The first kappa shape index (κ1) is 12.4. The predicted octanol–water partition coefficient (Wildman–Crippen LogP) is 2.54. The molecule has 2 heterocycles. The zero-order valence-corrected chi connectivity index (χ0v) is 11.0. The van der Waals surface area contributed by atoms with Crippen molar-refractivity contribution in [3.8, 4) is 0 Å². The quantitative estimate of drug-likeness (QED) is 0.761. The van der Waals surface area contributed by atoms with Crippen molar-refractivity contribution in [1.82, 2.24) is 15.3 Å². The van der Waals surface area contributed by atoms with Crippen LogP contribution in [0.2, 0.25) is 0 Å². The van der Waals surface area contributed by atoms with Gasteiger partial charge < -0.3 is 10.3 Å². The minimum atomic E-state index is -0.0579. The van der Waals surface area contributed by atoms with E-state index in [2.05, 4.69) is 15.3 Å². The van der Waals surface area contributed by atoms with Crippen LogP contribution < -0.4 is 5.32 Å². The lowest BCUT2D eigenvalue weighted by Crippen LogP contribution is -2.25. The summed E-state index contributed by atoms with van der Waals surface area (Å²) in [6.45, 7) is 0.582. The standard InChI is InChI=1S/C16H15N3O/c20-16(19-10-7-14-3-1-2-8-17-14)13-5-4-12-6-9-18-15(12)11-13/h1-6,8-9,11,18H,7,10H2,(H,19,20). The average Bonchev–Trinajstić information content (AvgIpc) is 2.95. The fourth-order valence-electron chi connectivity index (χ4n) is 2.14. The second kappa shape index (κ2) is 5.57. The lowest BCUT2D eigenvalue weighted by atomic mass is 10.1. The van der Waals surface area contributed by atoms with Gasteiger partial charge in [-0.15, -0.1) is 0 Å². The highest BCUT2D eigenvalue weighted by molar-refractivity contribution is 5.97. The predicted molar refractivity (Wildman–Crippen MR) is 78.6 cm³/mol. The zero-order valence-electron chi connectivity index (χ0n) is 11.0. The number of nitrogens with zero attached hydrogens (tertiary/aromatic N) is 1. The molecule has 0 radical (unpaired) electrons. The van der Waals surface area contributed by atoms with E-state index in [1.54, 1.807) is 6.20 Å². The lowest BCUT2D eigenvalue weighted by Gasteiger charge is -2.05. The third-order valence-corrected chi connectivity index (χ3v) is 3.21. The van der Waals surface area contributed by atoms with Gasteiger partial charge >= 0.3 is 0 Å². The maximum absolute atomic E-state index is 12.1. The number of hydrogen-bond acceptors (Lipinski definition) is 2. The van der Waals surface area contributed by atoms with E-state index in [0.29, 0.717) is 12.1 Å². The van der Waals surface area contributed by atoms with Gasteiger partial charge in [-0.2, -0.15) is 0 Å². The van der Waals surface area contributed by atoms with Gasteiger partial charge in [0.05, 0.1) is 0 Å². The van der Waals surface area contributed by atoms with E-state index in [1.165, 1.54) is 0 Å². The van der Waals surface area contributed by atoms with Crippen LogP contribution in [-0.2, 0) is 6.42 Å². The zero-order chi connectivity index (χ0) is 13.8. The first-order valence-corrected chi connectivity index (χ1v) is 6.58. The summed E-state index contributed by atoms with van der Waals surface area (Å²) in [5.41, 5.74) is 2.62. The van der Waals surface area contributed by atoms with Gasteiger partial charge in [-0.05, 0) is 35.7 Å². The molecule has 3 rings (SSSR count). The molecular formula is C16H15N3O. The Kier molecular flexibility index (Phi) is 3.46. The number of hydrogen-bond donors (Lipinski definition) is 2. The van der Waals surface area contributed by atoms with Crippen LogP contribution in [0.3, 0.4) is 0 Å². The molecule has 0 saturated heterocycles. The number of amides is 1. The summed E-state index contributed by atoms with van der Waals surface area (Å²) in [6, 6.07) is 13.4. The summed E-state index contributed by atoms with van der Waals surface area (Å²) in [4.78, 5) is 19.4. The number of aromatic nitrogens is 2. The van der Waals surface area contributed by atoms with Crippen LogP contribution in [0.25, 0.3) is 10.9 Å². The van der Waals surface area contributed by atoms with Crippen LogP contribution in [0.4, 0.5) is 0 Å². The molecule has 20 heavy (non-hydrogen) atoms. The van der Waals surface area contributed by atoms with Crippen LogP contribution in [0.15, 0.2) is 54.9 Å². The second-order valence-electron chi connectivity index (χ2n) is 4.61. The minimum Gasteiger partial charge on any atom is -0.361 e. The Bertz CT molecular complexity index is 719. The number of rotatable bonds is 4. The highest BCUT2D eigenvalue weighted by Gasteiger charge is 2.06. The van der Waals surface area contributed by atoms with E-state index in [-0.39, 0.29) is 5.91 Å². The fraction of sp³-hybridized carbons (Fsp3) is 0.125. The Hall–Kier alpha value is -2.62. The van der Waals surface area contributed by atoms with Gasteiger partial charge in [-0.25, -0.2) is 0 Å². The molecule has 2 N–H and O–H groups in total. The van der Waals surface area contributed by atoms with Gasteiger partial charge in [-0.3, -0.25) is 9.78 Å². The summed E-state index contributed by atoms with van der Waals surface area (Å²) in [5.74, 6) is -0.0579. The maximum atomic E-state index is 12.1. The summed E-state index contributed by atoms with van der Waals surface area (Å²) in [5, 5.41) is 4.02. The molecule has 1 aromatic carbocycles. The Balaban J connectivity index is 1.61.